The molecule has 0 aliphatic carbocycles. The SMILES string of the molecule is CCN(C)CC1NCCC1=O. The van der Waals surface area contributed by atoms with Gasteiger partial charge in [-0.3, -0.25) is 4.79 Å². The zero-order chi connectivity index (χ0) is 8.27. The lowest BCUT2D eigenvalue weighted by Gasteiger charge is -2.17. The van der Waals surface area contributed by atoms with Crippen molar-refractivity contribution in [3.63, 3.8) is 0 Å². The maximum atomic E-state index is 11.1. The van der Waals surface area contributed by atoms with Gasteiger partial charge in [0.05, 0.1) is 6.04 Å². The molecule has 0 radical (unpaired) electrons. The fraction of sp³-hybridized carbons (Fsp3) is 0.875. The summed E-state index contributed by atoms with van der Waals surface area (Å²) < 4.78 is 0. The molecule has 1 saturated heterocycles. The molecule has 1 fully saturated rings. The van der Waals surface area contributed by atoms with E-state index in [1.807, 2.05) is 7.05 Å². The minimum absolute atomic E-state index is 0.0972. The average Bonchev–Trinajstić information content (AvgIpc) is 2.37. The second-order valence-corrected chi connectivity index (χ2v) is 3.08. The summed E-state index contributed by atoms with van der Waals surface area (Å²) >= 11 is 0. The molecule has 11 heavy (non-hydrogen) atoms. The van der Waals surface area contributed by atoms with Crippen molar-refractivity contribution < 1.29 is 4.79 Å². The smallest absolute Gasteiger partial charge is 0.152 e. The average molecular weight is 156 g/mol. The second-order valence-electron chi connectivity index (χ2n) is 3.08. The van der Waals surface area contributed by atoms with Crippen molar-refractivity contribution in [2.24, 2.45) is 0 Å². The van der Waals surface area contributed by atoms with Gasteiger partial charge in [-0.15, -0.1) is 0 Å². The maximum Gasteiger partial charge on any atom is 0.152 e. The van der Waals surface area contributed by atoms with Crippen molar-refractivity contribution in [1.29, 1.82) is 0 Å². The van der Waals surface area contributed by atoms with Crippen molar-refractivity contribution in [2.75, 3.05) is 26.7 Å². The van der Waals surface area contributed by atoms with Crippen LogP contribution in [0.15, 0.2) is 0 Å². The van der Waals surface area contributed by atoms with E-state index in [1.165, 1.54) is 0 Å². The lowest BCUT2D eigenvalue weighted by Crippen LogP contribution is -2.39. The molecule has 1 unspecified atom stereocenters. The molecule has 0 bridgehead atoms. The third-order valence-corrected chi connectivity index (χ3v) is 2.18. The first-order valence-corrected chi connectivity index (χ1v) is 4.18. The molecule has 1 rings (SSSR count). The highest BCUT2D eigenvalue weighted by Crippen LogP contribution is 2.01. The summed E-state index contributed by atoms with van der Waals surface area (Å²) in [5.41, 5.74) is 0. The molecule has 0 aromatic carbocycles. The maximum absolute atomic E-state index is 11.1. The Hall–Kier alpha value is -0.410. The van der Waals surface area contributed by atoms with E-state index in [2.05, 4.69) is 17.1 Å². The van der Waals surface area contributed by atoms with Crippen LogP contribution in [0, 0.1) is 0 Å². The molecule has 0 saturated carbocycles. The third kappa shape index (κ3) is 2.27. The van der Waals surface area contributed by atoms with Gasteiger partial charge in [0.15, 0.2) is 5.78 Å². The largest absolute Gasteiger partial charge is 0.306 e. The normalized spacial score (nSPS) is 25.0. The van der Waals surface area contributed by atoms with Crippen LogP contribution in [0.4, 0.5) is 0 Å². The molecule has 3 heteroatoms. The summed E-state index contributed by atoms with van der Waals surface area (Å²) in [5, 5.41) is 3.18. The van der Waals surface area contributed by atoms with Gasteiger partial charge in [0.1, 0.15) is 0 Å². The number of hydrogen-bond donors (Lipinski definition) is 1. The number of Topliss-reactive ketones (excluding diaryl/α,β-unsaturated/α-hetero) is 1. The molecule has 0 spiro atoms. The first kappa shape index (κ1) is 8.68. The minimum Gasteiger partial charge on any atom is -0.306 e. The van der Waals surface area contributed by atoms with E-state index in [4.69, 9.17) is 0 Å². The fourth-order valence-electron chi connectivity index (χ4n) is 1.26. The van der Waals surface area contributed by atoms with Gasteiger partial charge >= 0.3 is 0 Å². The number of ketones is 1. The molecule has 1 aliphatic rings. The number of hydrogen-bond acceptors (Lipinski definition) is 3. The monoisotopic (exact) mass is 156 g/mol. The lowest BCUT2D eigenvalue weighted by atomic mass is 10.2. The molecule has 3 nitrogen and oxygen atoms in total. The minimum atomic E-state index is 0.0972. The Morgan fingerprint density at radius 2 is 2.45 bits per heavy atom. The Labute approximate surface area is 67.8 Å². The van der Waals surface area contributed by atoms with Gasteiger partial charge in [-0.1, -0.05) is 6.92 Å². The molecule has 1 heterocycles. The van der Waals surface area contributed by atoms with Crippen molar-refractivity contribution >= 4 is 5.78 Å². The highest BCUT2D eigenvalue weighted by molar-refractivity contribution is 5.86. The first-order valence-electron chi connectivity index (χ1n) is 4.18. The topological polar surface area (TPSA) is 32.3 Å². The highest BCUT2D eigenvalue weighted by atomic mass is 16.1. The molecular formula is C8H16N2O. The van der Waals surface area contributed by atoms with Crippen LogP contribution in [0.25, 0.3) is 0 Å². The Kier molecular flexibility index (Phi) is 3.02. The third-order valence-electron chi connectivity index (χ3n) is 2.18. The number of nitrogens with one attached hydrogen (secondary N) is 1. The van der Waals surface area contributed by atoms with E-state index < -0.39 is 0 Å². The van der Waals surface area contributed by atoms with Crippen molar-refractivity contribution in [1.82, 2.24) is 10.2 Å². The predicted molar refractivity (Wildman–Crippen MR) is 44.6 cm³/mol. The number of rotatable bonds is 3. The lowest BCUT2D eigenvalue weighted by molar-refractivity contribution is -0.119. The van der Waals surface area contributed by atoms with E-state index in [1.54, 1.807) is 0 Å². The zero-order valence-electron chi connectivity index (χ0n) is 7.26. The quantitative estimate of drug-likeness (QED) is 0.617. The number of likely N-dealkylation sites (N-methyl/N-ethyl adjacent to an activating group) is 1. The molecule has 1 N–H and O–H groups in total. The van der Waals surface area contributed by atoms with Crippen LogP contribution in [0.5, 0.6) is 0 Å². The summed E-state index contributed by atoms with van der Waals surface area (Å²) in [5.74, 6) is 0.366. The zero-order valence-corrected chi connectivity index (χ0v) is 7.26. The Morgan fingerprint density at radius 1 is 1.73 bits per heavy atom. The van der Waals surface area contributed by atoms with Crippen LogP contribution in [0.3, 0.4) is 0 Å². The van der Waals surface area contributed by atoms with Gasteiger partial charge in [0.25, 0.3) is 0 Å². The van der Waals surface area contributed by atoms with Gasteiger partial charge in [0.2, 0.25) is 0 Å². The van der Waals surface area contributed by atoms with Gasteiger partial charge in [-0.05, 0) is 13.6 Å². The van der Waals surface area contributed by atoms with E-state index in [-0.39, 0.29) is 6.04 Å². The number of carbonyl (C=O) groups excluding carboxylic acids is 1. The van der Waals surface area contributed by atoms with Crippen molar-refractivity contribution in [3.05, 3.63) is 0 Å². The molecule has 0 amide bonds. The summed E-state index contributed by atoms with van der Waals surface area (Å²) in [7, 11) is 2.04. The van der Waals surface area contributed by atoms with Crippen LogP contribution >= 0.6 is 0 Å². The Balaban J connectivity index is 2.30. The highest BCUT2D eigenvalue weighted by Gasteiger charge is 2.23. The van der Waals surface area contributed by atoms with Crippen molar-refractivity contribution in [2.45, 2.75) is 19.4 Å². The second kappa shape index (κ2) is 3.83. The van der Waals surface area contributed by atoms with Crippen LogP contribution in [-0.4, -0.2) is 43.4 Å². The van der Waals surface area contributed by atoms with Crippen LogP contribution in [0.2, 0.25) is 0 Å². The van der Waals surface area contributed by atoms with E-state index in [0.29, 0.717) is 12.2 Å². The standard InChI is InChI=1S/C8H16N2O/c1-3-10(2)6-7-8(11)4-5-9-7/h7,9H,3-6H2,1-2H3. The fourth-order valence-corrected chi connectivity index (χ4v) is 1.26. The van der Waals surface area contributed by atoms with Gasteiger partial charge in [-0.2, -0.15) is 0 Å². The number of carbonyl (C=O) groups is 1. The van der Waals surface area contributed by atoms with E-state index >= 15 is 0 Å². The van der Waals surface area contributed by atoms with E-state index in [9.17, 15) is 4.79 Å². The Morgan fingerprint density at radius 3 is 2.91 bits per heavy atom. The van der Waals surface area contributed by atoms with Gasteiger partial charge in [0, 0.05) is 19.5 Å². The summed E-state index contributed by atoms with van der Waals surface area (Å²) in [6, 6.07) is 0.0972. The molecule has 64 valence electrons. The molecular weight excluding hydrogens is 140 g/mol. The molecule has 0 aromatic heterocycles. The van der Waals surface area contributed by atoms with Crippen LogP contribution in [-0.2, 0) is 4.79 Å². The Bertz CT molecular complexity index is 147. The van der Waals surface area contributed by atoms with Gasteiger partial charge < -0.3 is 10.2 Å². The van der Waals surface area contributed by atoms with E-state index in [0.717, 1.165) is 19.6 Å². The molecule has 0 aromatic rings. The summed E-state index contributed by atoms with van der Waals surface area (Å²) in [6.45, 7) is 4.82. The number of nitrogens with zero attached hydrogens (tertiary/aromatic N) is 1. The summed E-state index contributed by atoms with van der Waals surface area (Å²) in [4.78, 5) is 13.3. The first-order chi connectivity index (χ1) is 5.24. The molecule has 1 atom stereocenters. The van der Waals surface area contributed by atoms with Crippen molar-refractivity contribution in [3.8, 4) is 0 Å². The predicted octanol–water partition coefficient (Wildman–Crippen LogP) is -0.131. The molecule has 1 aliphatic heterocycles. The van der Waals surface area contributed by atoms with Crippen LogP contribution in [0.1, 0.15) is 13.3 Å². The summed E-state index contributed by atoms with van der Waals surface area (Å²) in [6.07, 6.45) is 0.711. The van der Waals surface area contributed by atoms with Crippen LogP contribution < -0.4 is 5.32 Å². The van der Waals surface area contributed by atoms with Gasteiger partial charge in [-0.25, -0.2) is 0 Å².